The summed E-state index contributed by atoms with van der Waals surface area (Å²) in [5, 5.41) is 0.579. The van der Waals surface area contributed by atoms with E-state index in [0.717, 1.165) is 11.3 Å². The Bertz CT molecular complexity index is 1200. The molecule has 0 saturated heterocycles. The van der Waals surface area contributed by atoms with E-state index in [-0.39, 0.29) is 11.4 Å². The highest BCUT2D eigenvalue weighted by atomic mass is 16.5. The predicted molar refractivity (Wildman–Crippen MR) is 108 cm³/mol. The van der Waals surface area contributed by atoms with Gasteiger partial charge in [-0.1, -0.05) is 30.3 Å². The number of benzene rings is 2. The number of esters is 1. The standard InChI is InChI=1S/C23H18N2O3/c1-28-23(27)17-11-9-16(10-12-17)14-18-15-25(19-6-3-2-4-7-19)22-20(21(18)26)8-5-13-24-22/h2-13,15H,14H2,1H3. The van der Waals surface area contributed by atoms with Crippen LogP contribution >= 0.6 is 0 Å². The normalized spacial score (nSPS) is 10.8. The van der Waals surface area contributed by atoms with Crippen molar-refractivity contribution in [2.24, 2.45) is 0 Å². The van der Waals surface area contributed by atoms with Gasteiger partial charge in [-0.2, -0.15) is 0 Å². The Morgan fingerprint density at radius 2 is 1.75 bits per heavy atom. The summed E-state index contributed by atoms with van der Waals surface area (Å²) in [7, 11) is 1.35. The topological polar surface area (TPSA) is 61.2 Å². The zero-order chi connectivity index (χ0) is 19.5. The first-order valence-electron chi connectivity index (χ1n) is 8.89. The summed E-state index contributed by atoms with van der Waals surface area (Å²) in [6, 6.07) is 20.5. The zero-order valence-electron chi connectivity index (χ0n) is 15.3. The van der Waals surface area contributed by atoms with Crippen molar-refractivity contribution in [2.75, 3.05) is 7.11 Å². The molecule has 0 N–H and O–H groups in total. The van der Waals surface area contributed by atoms with Gasteiger partial charge in [0.25, 0.3) is 0 Å². The maximum Gasteiger partial charge on any atom is 0.337 e. The molecule has 0 fully saturated rings. The van der Waals surface area contributed by atoms with Gasteiger partial charge in [0.1, 0.15) is 5.65 Å². The molecular formula is C23H18N2O3. The van der Waals surface area contributed by atoms with Gasteiger partial charge in [-0.05, 0) is 42.0 Å². The van der Waals surface area contributed by atoms with Crippen molar-refractivity contribution in [2.45, 2.75) is 6.42 Å². The molecule has 138 valence electrons. The van der Waals surface area contributed by atoms with Crippen molar-refractivity contribution in [3.8, 4) is 5.69 Å². The van der Waals surface area contributed by atoms with Gasteiger partial charge in [0.15, 0.2) is 5.43 Å². The highest BCUT2D eigenvalue weighted by Gasteiger charge is 2.12. The Morgan fingerprint density at radius 3 is 2.46 bits per heavy atom. The van der Waals surface area contributed by atoms with E-state index in [9.17, 15) is 9.59 Å². The Balaban J connectivity index is 1.80. The summed E-state index contributed by atoms with van der Waals surface area (Å²) in [5.74, 6) is -0.380. The van der Waals surface area contributed by atoms with Gasteiger partial charge in [-0.25, -0.2) is 9.78 Å². The summed E-state index contributed by atoms with van der Waals surface area (Å²) in [6.45, 7) is 0. The molecule has 0 radical (unpaired) electrons. The maximum atomic E-state index is 13.0. The molecule has 2 aromatic carbocycles. The molecule has 5 heteroatoms. The third kappa shape index (κ3) is 3.30. The van der Waals surface area contributed by atoms with Gasteiger partial charge < -0.3 is 9.30 Å². The number of ether oxygens (including phenoxy) is 1. The van der Waals surface area contributed by atoms with E-state index < -0.39 is 0 Å². The van der Waals surface area contributed by atoms with Gasteiger partial charge >= 0.3 is 5.97 Å². The van der Waals surface area contributed by atoms with Crippen LogP contribution in [0.15, 0.2) is 83.9 Å². The molecular weight excluding hydrogens is 352 g/mol. The molecule has 0 amide bonds. The van der Waals surface area contributed by atoms with E-state index in [1.807, 2.05) is 53.2 Å². The fourth-order valence-electron chi connectivity index (χ4n) is 3.22. The molecule has 4 aromatic rings. The lowest BCUT2D eigenvalue weighted by atomic mass is 10.0. The van der Waals surface area contributed by atoms with Crippen molar-refractivity contribution >= 4 is 17.0 Å². The summed E-state index contributed by atoms with van der Waals surface area (Å²) in [4.78, 5) is 29.0. The second-order valence-corrected chi connectivity index (χ2v) is 6.43. The first-order valence-corrected chi connectivity index (χ1v) is 8.89. The molecule has 0 aliphatic carbocycles. The van der Waals surface area contributed by atoms with Gasteiger partial charge in [-0.15, -0.1) is 0 Å². The minimum Gasteiger partial charge on any atom is -0.465 e. The van der Waals surface area contributed by atoms with Crippen molar-refractivity contribution in [3.05, 3.63) is 106 Å². The summed E-state index contributed by atoms with van der Waals surface area (Å²) < 4.78 is 6.67. The zero-order valence-corrected chi connectivity index (χ0v) is 15.3. The number of hydrogen-bond donors (Lipinski definition) is 0. The number of methoxy groups -OCH3 is 1. The van der Waals surface area contributed by atoms with Crippen molar-refractivity contribution in [3.63, 3.8) is 0 Å². The number of pyridine rings is 2. The fourth-order valence-corrected chi connectivity index (χ4v) is 3.22. The molecule has 0 saturated carbocycles. The van der Waals surface area contributed by atoms with E-state index in [0.29, 0.717) is 28.6 Å². The summed E-state index contributed by atoms with van der Waals surface area (Å²) in [5.41, 5.74) is 3.61. The molecule has 0 atom stereocenters. The number of para-hydroxylation sites is 1. The van der Waals surface area contributed by atoms with Crippen LogP contribution in [-0.4, -0.2) is 22.6 Å². The van der Waals surface area contributed by atoms with Crippen molar-refractivity contribution in [1.82, 2.24) is 9.55 Å². The third-order valence-corrected chi connectivity index (χ3v) is 4.64. The van der Waals surface area contributed by atoms with Gasteiger partial charge in [0.2, 0.25) is 0 Å². The maximum absolute atomic E-state index is 13.0. The summed E-state index contributed by atoms with van der Waals surface area (Å²) >= 11 is 0. The Kier molecular flexibility index (Phi) is 4.72. The number of nitrogens with zero attached hydrogens (tertiary/aromatic N) is 2. The van der Waals surface area contributed by atoms with E-state index in [2.05, 4.69) is 4.98 Å². The second kappa shape index (κ2) is 7.48. The van der Waals surface area contributed by atoms with Crippen LogP contribution in [0.1, 0.15) is 21.5 Å². The molecule has 2 aromatic heterocycles. The number of carbonyl (C=O) groups is 1. The molecule has 4 rings (SSSR count). The third-order valence-electron chi connectivity index (χ3n) is 4.64. The first-order chi connectivity index (χ1) is 13.7. The second-order valence-electron chi connectivity index (χ2n) is 6.43. The number of hydrogen-bond acceptors (Lipinski definition) is 4. The molecule has 5 nitrogen and oxygen atoms in total. The Morgan fingerprint density at radius 1 is 1.00 bits per heavy atom. The smallest absolute Gasteiger partial charge is 0.337 e. The van der Waals surface area contributed by atoms with E-state index in [1.54, 1.807) is 30.5 Å². The SMILES string of the molecule is COC(=O)c1ccc(Cc2cn(-c3ccccc3)c3ncccc3c2=O)cc1. The highest BCUT2D eigenvalue weighted by Crippen LogP contribution is 2.17. The molecule has 0 aliphatic rings. The lowest BCUT2D eigenvalue weighted by Crippen LogP contribution is -2.15. The van der Waals surface area contributed by atoms with Crippen LogP contribution in [0.3, 0.4) is 0 Å². The highest BCUT2D eigenvalue weighted by molar-refractivity contribution is 5.89. The Hall–Kier alpha value is -3.73. The van der Waals surface area contributed by atoms with Crippen LogP contribution in [0.4, 0.5) is 0 Å². The fraction of sp³-hybridized carbons (Fsp3) is 0.0870. The van der Waals surface area contributed by atoms with Crippen LogP contribution < -0.4 is 5.43 Å². The molecule has 0 unspecified atom stereocenters. The quantitative estimate of drug-likeness (QED) is 0.513. The lowest BCUT2D eigenvalue weighted by molar-refractivity contribution is 0.0600. The van der Waals surface area contributed by atoms with Crippen LogP contribution in [0.2, 0.25) is 0 Å². The monoisotopic (exact) mass is 370 g/mol. The minimum absolute atomic E-state index is 0.0349. The molecule has 28 heavy (non-hydrogen) atoms. The lowest BCUT2D eigenvalue weighted by Gasteiger charge is -2.13. The van der Waals surface area contributed by atoms with Crippen LogP contribution in [0.25, 0.3) is 16.7 Å². The molecule has 2 heterocycles. The van der Waals surface area contributed by atoms with Gasteiger partial charge in [0, 0.05) is 30.1 Å². The number of aromatic nitrogens is 2. The average molecular weight is 370 g/mol. The number of fused-ring (bicyclic) bond motifs is 1. The predicted octanol–water partition coefficient (Wildman–Crippen LogP) is 3.76. The van der Waals surface area contributed by atoms with E-state index in [4.69, 9.17) is 4.74 Å². The van der Waals surface area contributed by atoms with Crippen LogP contribution in [0, 0.1) is 0 Å². The van der Waals surface area contributed by atoms with Crippen molar-refractivity contribution < 1.29 is 9.53 Å². The first kappa shape index (κ1) is 17.7. The molecule has 0 bridgehead atoms. The molecule has 0 spiro atoms. The van der Waals surface area contributed by atoms with Gasteiger partial charge in [-0.3, -0.25) is 4.79 Å². The average Bonchev–Trinajstić information content (AvgIpc) is 2.76. The van der Waals surface area contributed by atoms with Crippen molar-refractivity contribution in [1.29, 1.82) is 0 Å². The largest absolute Gasteiger partial charge is 0.465 e. The van der Waals surface area contributed by atoms with Gasteiger partial charge in [0.05, 0.1) is 18.1 Å². The molecule has 0 aliphatic heterocycles. The summed E-state index contributed by atoms with van der Waals surface area (Å²) in [6.07, 6.45) is 3.99. The van der Waals surface area contributed by atoms with E-state index in [1.165, 1.54) is 7.11 Å². The van der Waals surface area contributed by atoms with Crippen LogP contribution in [-0.2, 0) is 11.2 Å². The Labute approximate surface area is 161 Å². The van der Waals surface area contributed by atoms with E-state index >= 15 is 0 Å². The van der Waals surface area contributed by atoms with Crippen LogP contribution in [0.5, 0.6) is 0 Å². The number of rotatable bonds is 4. The minimum atomic E-state index is -0.380. The number of carbonyl (C=O) groups excluding carboxylic acids is 1.